The van der Waals surface area contributed by atoms with Gasteiger partial charge < -0.3 is 10.0 Å². The molecule has 0 fully saturated rings. The van der Waals surface area contributed by atoms with Crippen molar-refractivity contribution in [1.29, 1.82) is 0 Å². The SMILES string of the molecule is CCc1c(C(=O)N(C)CCO)cnn1-c1ccccc1. The van der Waals surface area contributed by atoms with E-state index in [1.165, 1.54) is 4.90 Å². The van der Waals surface area contributed by atoms with Crippen molar-refractivity contribution >= 4 is 5.91 Å². The number of hydrogen-bond acceptors (Lipinski definition) is 3. The smallest absolute Gasteiger partial charge is 0.257 e. The Morgan fingerprint density at radius 3 is 2.65 bits per heavy atom. The quantitative estimate of drug-likeness (QED) is 0.898. The lowest BCUT2D eigenvalue weighted by Crippen LogP contribution is -2.30. The van der Waals surface area contributed by atoms with Crippen LogP contribution < -0.4 is 0 Å². The first-order valence-corrected chi connectivity index (χ1v) is 6.67. The van der Waals surface area contributed by atoms with E-state index < -0.39 is 0 Å². The monoisotopic (exact) mass is 273 g/mol. The van der Waals surface area contributed by atoms with Crippen molar-refractivity contribution in [3.05, 3.63) is 47.8 Å². The Balaban J connectivity index is 2.38. The second-order valence-electron chi connectivity index (χ2n) is 4.56. The molecule has 0 aliphatic carbocycles. The summed E-state index contributed by atoms with van der Waals surface area (Å²) in [6.07, 6.45) is 2.31. The summed E-state index contributed by atoms with van der Waals surface area (Å²) >= 11 is 0. The predicted octanol–water partition coefficient (Wildman–Crippen LogP) is 1.50. The summed E-state index contributed by atoms with van der Waals surface area (Å²) in [4.78, 5) is 13.8. The molecule has 0 aliphatic rings. The lowest BCUT2D eigenvalue weighted by molar-refractivity contribution is 0.0766. The van der Waals surface area contributed by atoms with Crippen LogP contribution in [0.3, 0.4) is 0 Å². The van der Waals surface area contributed by atoms with Crippen LogP contribution in [0, 0.1) is 0 Å². The summed E-state index contributed by atoms with van der Waals surface area (Å²) in [5.74, 6) is -0.113. The molecule has 0 spiro atoms. The zero-order valence-corrected chi connectivity index (χ0v) is 11.8. The molecule has 0 bridgehead atoms. The maximum absolute atomic E-state index is 12.3. The van der Waals surface area contributed by atoms with Gasteiger partial charge in [0.05, 0.1) is 29.7 Å². The number of aromatic nitrogens is 2. The summed E-state index contributed by atoms with van der Waals surface area (Å²) in [6.45, 7) is 2.27. The molecule has 0 radical (unpaired) electrons. The molecule has 0 unspecified atom stereocenters. The van der Waals surface area contributed by atoms with Crippen LogP contribution in [-0.2, 0) is 6.42 Å². The van der Waals surface area contributed by atoms with Gasteiger partial charge in [-0.25, -0.2) is 4.68 Å². The molecule has 1 N–H and O–H groups in total. The van der Waals surface area contributed by atoms with Crippen LogP contribution in [0.1, 0.15) is 23.0 Å². The van der Waals surface area contributed by atoms with Crippen LogP contribution in [0.2, 0.25) is 0 Å². The number of likely N-dealkylation sites (N-methyl/N-ethyl adjacent to an activating group) is 1. The minimum Gasteiger partial charge on any atom is -0.395 e. The molecule has 2 rings (SSSR count). The van der Waals surface area contributed by atoms with Crippen molar-refractivity contribution in [2.75, 3.05) is 20.2 Å². The molecule has 5 nitrogen and oxygen atoms in total. The molecule has 20 heavy (non-hydrogen) atoms. The van der Waals surface area contributed by atoms with Crippen LogP contribution in [0.5, 0.6) is 0 Å². The normalized spacial score (nSPS) is 10.6. The van der Waals surface area contributed by atoms with E-state index in [4.69, 9.17) is 5.11 Å². The fraction of sp³-hybridized carbons (Fsp3) is 0.333. The Hall–Kier alpha value is -2.14. The second-order valence-corrected chi connectivity index (χ2v) is 4.56. The molecule has 1 amide bonds. The van der Waals surface area contributed by atoms with E-state index in [1.807, 2.05) is 37.3 Å². The fourth-order valence-corrected chi connectivity index (χ4v) is 2.14. The van der Waals surface area contributed by atoms with Gasteiger partial charge in [0.15, 0.2) is 0 Å². The number of nitrogens with zero attached hydrogens (tertiary/aromatic N) is 3. The van der Waals surface area contributed by atoms with Gasteiger partial charge in [0, 0.05) is 13.6 Å². The average molecular weight is 273 g/mol. The molecular formula is C15H19N3O2. The largest absolute Gasteiger partial charge is 0.395 e. The van der Waals surface area contributed by atoms with E-state index in [2.05, 4.69) is 5.10 Å². The molecule has 1 aromatic heterocycles. The summed E-state index contributed by atoms with van der Waals surface area (Å²) in [6, 6.07) is 9.74. The summed E-state index contributed by atoms with van der Waals surface area (Å²) in [7, 11) is 1.68. The Morgan fingerprint density at radius 1 is 1.35 bits per heavy atom. The van der Waals surface area contributed by atoms with Gasteiger partial charge in [0.25, 0.3) is 5.91 Å². The van der Waals surface area contributed by atoms with Crippen molar-refractivity contribution < 1.29 is 9.90 Å². The minimum absolute atomic E-state index is 0.0451. The van der Waals surface area contributed by atoms with E-state index in [1.54, 1.807) is 17.9 Å². The number of aliphatic hydroxyl groups excluding tert-OH is 1. The van der Waals surface area contributed by atoms with Crippen molar-refractivity contribution in [1.82, 2.24) is 14.7 Å². The van der Waals surface area contributed by atoms with E-state index in [0.29, 0.717) is 18.5 Å². The van der Waals surface area contributed by atoms with Gasteiger partial charge in [-0.1, -0.05) is 25.1 Å². The predicted molar refractivity (Wildman–Crippen MR) is 77.0 cm³/mol. The van der Waals surface area contributed by atoms with Gasteiger partial charge >= 0.3 is 0 Å². The maximum atomic E-state index is 12.3. The number of amides is 1. The lowest BCUT2D eigenvalue weighted by Gasteiger charge is -2.15. The molecule has 0 aliphatic heterocycles. The first-order valence-electron chi connectivity index (χ1n) is 6.67. The first kappa shape index (κ1) is 14.3. The maximum Gasteiger partial charge on any atom is 0.257 e. The third-order valence-electron chi connectivity index (χ3n) is 3.22. The van der Waals surface area contributed by atoms with E-state index >= 15 is 0 Å². The number of carbonyl (C=O) groups is 1. The number of benzene rings is 1. The molecule has 2 aromatic rings. The van der Waals surface area contributed by atoms with Crippen molar-refractivity contribution in [3.63, 3.8) is 0 Å². The first-order chi connectivity index (χ1) is 9.69. The molecule has 106 valence electrons. The molecule has 1 heterocycles. The Bertz CT molecular complexity index is 578. The summed E-state index contributed by atoms with van der Waals surface area (Å²) in [5, 5.41) is 13.3. The lowest BCUT2D eigenvalue weighted by atomic mass is 10.1. The Labute approximate surface area is 118 Å². The molecule has 1 aromatic carbocycles. The third-order valence-corrected chi connectivity index (χ3v) is 3.22. The minimum atomic E-state index is -0.113. The van der Waals surface area contributed by atoms with Crippen LogP contribution >= 0.6 is 0 Å². The van der Waals surface area contributed by atoms with Gasteiger partial charge in [-0.05, 0) is 18.6 Å². The van der Waals surface area contributed by atoms with Crippen LogP contribution in [-0.4, -0.2) is 45.9 Å². The number of rotatable bonds is 5. The second kappa shape index (κ2) is 6.34. The molecule has 5 heteroatoms. The number of aliphatic hydroxyl groups is 1. The van der Waals surface area contributed by atoms with E-state index in [-0.39, 0.29) is 12.5 Å². The number of para-hydroxylation sites is 1. The highest BCUT2D eigenvalue weighted by atomic mass is 16.3. The van der Waals surface area contributed by atoms with Crippen LogP contribution in [0.25, 0.3) is 5.69 Å². The van der Waals surface area contributed by atoms with Gasteiger partial charge in [-0.3, -0.25) is 4.79 Å². The van der Waals surface area contributed by atoms with E-state index in [9.17, 15) is 4.79 Å². The van der Waals surface area contributed by atoms with E-state index in [0.717, 1.165) is 11.4 Å². The Kier molecular flexibility index (Phi) is 4.53. The highest BCUT2D eigenvalue weighted by Crippen LogP contribution is 2.16. The molecular weight excluding hydrogens is 254 g/mol. The van der Waals surface area contributed by atoms with Crippen LogP contribution in [0.15, 0.2) is 36.5 Å². The number of carbonyl (C=O) groups excluding carboxylic acids is 1. The van der Waals surface area contributed by atoms with Crippen molar-refractivity contribution in [3.8, 4) is 5.69 Å². The molecule has 0 atom stereocenters. The summed E-state index contributed by atoms with van der Waals surface area (Å²) in [5.41, 5.74) is 2.41. The topological polar surface area (TPSA) is 58.4 Å². The zero-order chi connectivity index (χ0) is 14.5. The number of hydrogen-bond donors (Lipinski definition) is 1. The molecule has 0 saturated carbocycles. The van der Waals surface area contributed by atoms with Crippen LogP contribution in [0.4, 0.5) is 0 Å². The van der Waals surface area contributed by atoms with Crippen molar-refractivity contribution in [2.24, 2.45) is 0 Å². The van der Waals surface area contributed by atoms with Gasteiger partial charge in [0.2, 0.25) is 0 Å². The highest BCUT2D eigenvalue weighted by molar-refractivity contribution is 5.95. The summed E-state index contributed by atoms with van der Waals surface area (Å²) < 4.78 is 1.79. The zero-order valence-electron chi connectivity index (χ0n) is 11.8. The van der Waals surface area contributed by atoms with Gasteiger partial charge in [-0.15, -0.1) is 0 Å². The average Bonchev–Trinajstić information content (AvgIpc) is 2.91. The van der Waals surface area contributed by atoms with Crippen molar-refractivity contribution in [2.45, 2.75) is 13.3 Å². The highest BCUT2D eigenvalue weighted by Gasteiger charge is 2.19. The Morgan fingerprint density at radius 2 is 2.05 bits per heavy atom. The molecule has 0 saturated heterocycles. The fourth-order valence-electron chi connectivity index (χ4n) is 2.14. The third kappa shape index (κ3) is 2.72. The van der Waals surface area contributed by atoms with Gasteiger partial charge in [-0.2, -0.15) is 5.10 Å². The standard InChI is InChI=1S/C15H19N3O2/c1-3-14-13(15(20)17(2)9-10-19)11-16-18(14)12-7-5-4-6-8-12/h4-8,11,19H,3,9-10H2,1-2H3. The van der Waals surface area contributed by atoms with Gasteiger partial charge in [0.1, 0.15) is 0 Å².